The van der Waals surface area contributed by atoms with Gasteiger partial charge in [0.05, 0.1) is 6.54 Å². The first kappa shape index (κ1) is 13.6. The van der Waals surface area contributed by atoms with Crippen LogP contribution in [0.2, 0.25) is 0 Å². The fourth-order valence-corrected chi connectivity index (χ4v) is 2.10. The third-order valence-electron chi connectivity index (χ3n) is 2.98. The van der Waals surface area contributed by atoms with Gasteiger partial charge in [0.1, 0.15) is 17.2 Å². The minimum Gasteiger partial charge on any atom is -0.508 e. The van der Waals surface area contributed by atoms with Crippen LogP contribution >= 0.6 is 0 Å². The van der Waals surface area contributed by atoms with Gasteiger partial charge < -0.3 is 14.7 Å². The number of halogens is 1. The molecule has 0 bridgehead atoms. The summed E-state index contributed by atoms with van der Waals surface area (Å²) in [6, 6.07) is 2.56. The number of phenols is 1. The molecule has 0 atom stereocenters. The highest BCUT2D eigenvalue weighted by Crippen LogP contribution is 2.29. The lowest BCUT2D eigenvalue weighted by Crippen LogP contribution is -2.40. The molecule has 1 aromatic rings. The number of phenolic OH excluding ortho intramolecular Hbond substituents is 1. The summed E-state index contributed by atoms with van der Waals surface area (Å²) in [4.78, 5) is 13.4. The maximum absolute atomic E-state index is 13.6. The van der Waals surface area contributed by atoms with E-state index in [2.05, 4.69) is 0 Å². The Balaban J connectivity index is 2.18. The number of carbonyl (C=O) groups is 1. The first-order valence-electron chi connectivity index (χ1n) is 6.25. The van der Waals surface area contributed by atoms with Crippen molar-refractivity contribution in [2.75, 3.05) is 6.54 Å². The molecule has 2 rings (SSSR count). The normalized spacial score (nSPS) is 15.1. The highest BCUT2D eigenvalue weighted by Gasteiger charge is 2.28. The van der Waals surface area contributed by atoms with Gasteiger partial charge >= 0.3 is 6.09 Å². The van der Waals surface area contributed by atoms with Crippen molar-refractivity contribution < 1.29 is 19.0 Å². The van der Waals surface area contributed by atoms with E-state index in [0.29, 0.717) is 24.1 Å². The SMILES string of the molecule is CC(C)(C)OC(=O)N1CCc2c(F)ccc(O)c2C1. The largest absolute Gasteiger partial charge is 0.508 e. The number of aromatic hydroxyl groups is 1. The summed E-state index contributed by atoms with van der Waals surface area (Å²) in [5.74, 6) is -0.318. The molecule has 5 heteroatoms. The molecule has 0 spiro atoms. The van der Waals surface area contributed by atoms with Crippen LogP contribution in [0.1, 0.15) is 31.9 Å². The van der Waals surface area contributed by atoms with Crippen molar-refractivity contribution in [1.82, 2.24) is 4.90 Å². The lowest BCUT2D eigenvalue weighted by Gasteiger charge is -2.31. The molecule has 1 aliphatic heterocycles. The number of nitrogens with zero attached hydrogens (tertiary/aromatic N) is 1. The summed E-state index contributed by atoms with van der Waals surface area (Å²) in [7, 11) is 0. The van der Waals surface area contributed by atoms with Crippen LogP contribution in [-0.4, -0.2) is 28.2 Å². The molecule has 0 unspecified atom stereocenters. The number of fused-ring (bicyclic) bond motifs is 1. The zero-order chi connectivity index (χ0) is 14.2. The van der Waals surface area contributed by atoms with E-state index < -0.39 is 11.7 Å². The Morgan fingerprint density at radius 2 is 2.05 bits per heavy atom. The first-order chi connectivity index (χ1) is 8.78. The summed E-state index contributed by atoms with van der Waals surface area (Å²) in [6.07, 6.45) is -0.0590. The van der Waals surface area contributed by atoms with Gasteiger partial charge in [-0.25, -0.2) is 9.18 Å². The van der Waals surface area contributed by atoms with Gasteiger partial charge in [-0.15, -0.1) is 0 Å². The molecule has 0 fully saturated rings. The van der Waals surface area contributed by atoms with E-state index in [-0.39, 0.29) is 18.1 Å². The molecular formula is C14H18FNO3. The summed E-state index contributed by atoms with van der Waals surface area (Å²) in [6.45, 7) is 5.94. The fraction of sp³-hybridized carbons (Fsp3) is 0.500. The third kappa shape index (κ3) is 2.97. The molecule has 1 amide bonds. The predicted octanol–water partition coefficient (Wildman–Crippen LogP) is 2.82. The molecule has 0 saturated carbocycles. The molecule has 19 heavy (non-hydrogen) atoms. The zero-order valence-corrected chi connectivity index (χ0v) is 11.4. The molecule has 0 aromatic heterocycles. The molecule has 1 aliphatic rings. The molecule has 1 heterocycles. The number of benzene rings is 1. The Morgan fingerprint density at radius 1 is 1.37 bits per heavy atom. The van der Waals surface area contributed by atoms with Crippen LogP contribution in [0.3, 0.4) is 0 Å². The summed E-state index contributed by atoms with van der Waals surface area (Å²) in [5.41, 5.74) is 0.387. The van der Waals surface area contributed by atoms with Gasteiger partial charge in [0.15, 0.2) is 0 Å². The quantitative estimate of drug-likeness (QED) is 0.786. The van der Waals surface area contributed by atoms with E-state index in [1.807, 2.05) is 0 Å². The highest BCUT2D eigenvalue weighted by atomic mass is 19.1. The van der Waals surface area contributed by atoms with Crippen LogP contribution in [0, 0.1) is 5.82 Å². The number of hydrogen-bond donors (Lipinski definition) is 1. The highest BCUT2D eigenvalue weighted by molar-refractivity contribution is 5.69. The standard InChI is InChI=1S/C14H18FNO3/c1-14(2,3)19-13(18)16-7-6-9-10(8-16)12(17)5-4-11(9)15/h4-5,17H,6-8H2,1-3H3. The van der Waals surface area contributed by atoms with Crippen molar-refractivity contribution >= 4 is 6.09 Å². The summed E-state index contributed by atoms with van der Waals surface area (Å²) < 4.78 is 18.9. The maximum atomic E-state index is 13.6. The topological polar surface area (TPSA) is 49.8 Å². The van der Waals surface area contributed by atoms with Crippen LogP contribution in [-0.2, 0) is 17.7 Å². The van der Waals surface area contributed by atoms with E-state index in [1.54, 1.807) is 20.8 Å². The Labute approximate surface area is 111 Å². The van der Waals surface area contributed by atoms with Crippen molar-refractivity contribution in [2.45, 2.75) is 39.3 Å². The molecule has 0 radical (unpaired) electrons. The lowest BCUT2D eigenvalue weighted by atomic mass is 9.98. The van der Waals surface area contributed by atoms with Crippen LogP contribution < -0.4 is 0 Å². The van der Waals surface area contributed by atoms with Gasteiger partial charge in [0.2, 0.25) is 0 Å². The number of ether oxygens (including phenoxy) is 1. The fourth-order valence-electron chi connectivity index (χ4n) is 2.10. The Kier molecular flexibility index (Phi) is 3.39. The van der Waals surface area contributed by atoms with Crippen LogP contribution in [0.15, 0.2) is 12.1 Å². The van der Waals surface area contributed by atoms with E-state index >= 15 is 0 Å². The van der Waals surface area contributed by atoms with E-state index in [1.165, 1.54) is 17.0 Å². The molecule has 1 N–H and O–H groups in total. The second-order valence-electron chi connectivity index (χ2n) is 5.68. The van der Waals surface area contributed by atoms with Crippen molar-refractivity contribution in [1.29, 1.82) is 0 Å². The molecule has 1 aromatic carbocycles. The summed E-state index contributed by atoms with van der Waals surface area (Å²) in [5, 5.41) is 9.77. The minimum atomic E-state index is -0.568. The molecule has 104 valence electrons. The van der Waals surface area contributed by atoms with E-state index in [4.69, 9.17) is 4.74 Å². The monoisotopic (exact) mass is 267 g/mol. The Morgan fingerprint density at radius 3 is 2.68 bits per heavy atom. The van der Waals surface area contributed by atoms with Crippen LogP contribution in [0.25, 0.3) is 0 Å². The Hall–Kier alpha value is -1.78. The number of amides is 1. The smallest absolute Gasteiger partial charge is 0.410 e. The number of rotatable bonds is 0. The van der Waals surface area contributed by atoms with Gasteiger partial charge in [0, 0.05) is 12.1 Å². The molecular weight excluding hydrogens is 249 g/mol. The van der Waals surface area contributed by atoms with Gasteiger partial charge in [-0.1, -0.05) is 0 Å². The average Bonchev–Trinajstić information content (AvgIpc) is 2.31. The van der Waals surface area contributed by atoms with Crippen LogP contribution in [0.4, 0.5) is 9.18 Å². The van der Waals surface area contributed by atoms with E-state index in [9.17, 15) is 14.3 Å². The van der Waals surface area contributed by atoms with Gasteiger partial charge in [-0.2, -0.15) is 0 Å². The third-order valence-corrected chi connectivity index (χ3v) is 2.98. The van der Waals surface area contributed by atoms with Crippen molar-refractivity contribution in [3.63, 3.8) is 0 Å². The average molecular weight is 267 g/mol. The number of hydrogen-bond acceptors (Lipinski definition) is 3. The van der Waals surface area contributed by atoms with Gasteiger partial charge in [0.25, 0.3) is 0 Å². The number of carbonyl (C=O) groups excluding carboxylic acids is 1. The van der Waals surface area contributed by atoms with Gasteiger partial charge in [-0.05, 0) is 44.9 Å². The van der Waals surface area contributed by atoms with Crippen molar-refractivity contribution in [2.24, 2.45) is 0 Å². The predicted molar refractivity (Wildman–Crippen MR) is 68.4 cm³/mol. The molecule has 4 nitrogen and oxygen atoms in total. The molecule has 0 aliphatic carbocycles. The van der Waals surface area contributed by atoms with Gasteiger partial charge in [-0.3, -0.25) is 0 Å². The zero-order valence-electron chi connectivity index (χ0n) is 11.4. The van der Waals surface area contributed by atoms with Crippen LogP contribution in [0.5, 0.6) is 5.75 Å². The van der Waals surface area contributed by atoms with Crippen molar-refractivity contribution in [3.05, 3.63) is 29.1 Å². The Bertz CT molecular complexity index is 508. The minimum absolute atomic E-state index is 0.0182. The second-order valence-corrected chi connectivity index (χ2v) is 5.68. The second kappa shape index (κ2) is 4.72. The lowest BCUT2D eigenvalue weighted by molar-refractivity contribution is 0.0221. The molecule has 0 saturated heterocycles. The first-order valence-corrected chi connectivity index (χ1v) is 6.25. The van der Waals surface area contributed by atoms with Crippen molar-refractivity contribution in [3.8, 4) is 5.75 Å². The maximum Gasteiger partial charge on any atom is 0.410 e. The summed E-state index contributed by atoms with van der Waals surface area (Å²) >= 11 is 0. The van der Waals surface area contributed by atoms with E-state index in [0.717, 1.165) is 0 Å².